The third-order valence-corrected chi connectivity index (χ3v) is 8.30. The Morgan fingerprint density at radius 3 is 1.61 bits per heavy atom. The highest BCUT2D eigenvalue weighted by Gasteiger charge is 2.38. The average Bonchev–Trinajstić information content (AvgIpc) is 3.03. The highest BCUT2D eigenvalue weighted by atomic mass is 32.2. The summed E-state index contributed by atoms with van der Waals surface area (Å²) < 4.78 is 10.1. The van der Waals surface area contributed by atoms with Crippen LogP contribution in [-0.2, 0) is 30.4 Å². The predicted octanol–water partition coefficient (Wildman–Crippen LogP) is 6.46. The molecule has 4 rings (SSSR count). The summed E-state index contributed by atoms with van der Waals surface area (Å²) in [6.45, 7) is 4.99. The van der Waals surface area contributed by atoms with Crippen molar-refractivity contribution in [3.8, 4) is 0 Å². The van der Waals surface area contributed by atoms with E-state index in [1.165, 1.54) is 11.8 Å². The predicted molar refractivity (Wildman–Crippen MR) is 174 cm³/mol. The maximum atomic E-state index is 13.5. The standard InChI is InChI=1S/C36H38N2O5S/c1-35(2,3)43-32(39)24-37-33(40)31(38-34(41)42-25-27-16-8-4-9-17-27)26-44-36(28-18-10-5-11-19-28,29-20-12-6-13-21-29)30-22-14-7-15-23-30/h4-23,31H,24-26H2,1-3H3,(H,37,40)(H,38,41)/t31-/m1/s1. The fraction of sp³-hybridized carbons (Fsp3) is 0.250. The Morgan fingerprint density at radius 2 is 1.16 bits per heavy atom. The summed E-state index contributed by atoms with van der Waals surface area (Å²) in [6.07, 6.45) is -0.739. The van der Waals surface area contributed by atoms with E-state index >= 15 is 0 Å². The number of amides is 2. The van der Waals surface area contributed by atoms with Crippen LogP contribution in [-0.4, -0.2) is 41.9 Å². The Bertz CT molecular complexity index is 1400. The van der Waals surface area contributed by atoms with Crippen LogP contribution < -0.4 is 10.6 Å². The molecule has 0 aliphatic carbocycles. The molecule has 0 aliphatic rings. The van der Waals surface area contributed by atoms with Gasteiger partial charge in [-0.3, -0.25) is 9.59 Å². The zero-order valence-corrected chi connectivity index (χ0v) is 26.0. The molecule has 2 N–H and O–H groups in total. The molecule has 0 unspecified atom stereocenters. The molecule has 0 fully saturated rings. The molecule has 0 radical (unpaired) electrons. The Morgan fingerprint density at radius 1 is 0.705 bits per heavy atom. The third-order valence-electron chi connectivity index (χ3n) is 6.66. The van der Waals surface area contributed by atoms with Gasteiger partial charge in [-0.25, -0.2) is 4.79 Å². The number of ether oxygens (including phenoxy) is 2. The zero-order chi connectivity index (χ0) is 31.4. The molecule has 1 atom stereocenters. The van der Waals surface area contributed by atoms with Crippen molar-refractivity contribution in [1.82, 2.24) is 10.6 Å². The molecule has 0 heterocycles. The minimum Gasteiger partial charge on any atom is -0.459 e. The van der Waals surface area contributed by atoms with Gasteiger partial charge in [0.1, 0.15) is 24.8 Å². The first-order valence-electron chi connectivity index (χ1n) is 14.4. The van der Waals surface area contributed by atoms with E-state index in [-0.39, 0.29) is 18.9 Å². The molecule has 44 heavy (non-hydrogen) atoms. The topological polar surface area (TPSA) is 93.7 Å². The van der Waals surface area contributed by atoms with Crippen molar-refractivity contribution in [2.45, 2.75) is 43.8 Å². The summed E-state index contributed by atoms with van der Waals surface area (Å²) >= 11 is 1.52. The van der Waals surface area contributed by atoms with Gasteiger partial charge in [0.05, 0.1) is 4.75 Å². The second-order valence-electron chi connectivity index (χ2n) is 11.2. The van der Waals surface area contributed by atoms with E-state index in [2.05, 4.69) is 47.0 Å². The van der Waals surface area contributed by atoms with Crippen LogP contribution in [0.25, 0.3) is 0 Å². The van der Waals surface area contributed by atoms with Crippen LogP contribution in [0.15, 0.2) is 121 Å². The minimum absolute atomic E-state index is 0.0497. The molecule has 0 saturated carbocycles. The first-order chi connectivity index (χ1) is 21.2. The molecule has 0 aromatic heterocycles. The highest BCUT2D eigenvalue weighted by molar-refractivity contribution is 8.00. The number of carbonyl (C=O) groups excluding carboxylic acids is 3. The number of carbonyl (C=O) groups is 3. The highest BCUT2D eigenvalue weighted by Crippen LogP contribution is 2.48. The molecule has 0 spiro atoms. The van der Waals surface area contributed by atoms with Crippen molar-refractivity contribution in [2.75, 3.05) is 12.3 Å². The monoisotopic (exact) mass is 610 g/mol. The van der Waals surface area contributed by atoms with Crippen LogP contribution in [0, 0.1) is 0 Å². The van der Waals surface area contributed by atoms with Gasteiger partial charge in [-0.15, -0.1) is 11.8 Å². The van der Waals surface area contributed by atoms with Crippen molar-refractivity contribution in [1.29, 1.82) is 0 Å². The van der Waals surface area contributed by atoms with Gasteiger partial charge in [-0.2, -0.15) is 0 Å². The van der Waals surface area contributed by atoms with Gasteiger partial charge in [-0.05, 0) is 43.0 Å². The molecule has 0 saturated heterocycles. The molecule has 7 nitrogen and oxygen atoms in total. The molecule has 8 heteroatoms. The SMILES string of the molecule is CC(C)(C)OC(=O)CNC(=O)[C@@H](CSC(c1ccccc1)(c1ccccc1)c1ccccc1)NC(=O)OCc1ccccc1. The molecule has 228 valence electrons. The number of alkyl carbamates (subject to hydrolysis) is 1. The van der Waals surface area contributed by atoms with Crippen molar-refractivity contribution < 1.29 is 23.9 Å². The van der Waals surface area contributed by atoms with Gasteiger partial charge in [0, 0.05) is 5.75 Å². The Labute approximate surface area is 263 Å². The van der Waals surface area contributed by atoms with Gasteiger partial charge in [0.15, 0.2) is 0 Å². The Kier molecular flexibility index (Phi) is 11.2. The van der Waals surface area contributed by atoms with Crippen molar-refractivity contribution >= 4 is 29.7 Å². The maximum absolute atomic E-state index is 13.5. The van der Waals surface area contributed by atoms with Gasteiger partial charge in [0.25, 0.3) is 0 Å². The summed E-state index contributed by atoms with van der Waals surface area (Å²) in [5.41, 5.74) is 3.17. The first kappa shape index (κ1) is 32.4. The summed E-state index contributed by atoms with van der Waals surface area (Å²) in [5, 5.41) is 5.38. The number of hydrogen-bond donors (Lipinski definition) is 2. The van der Waals surface area contributed by atoms with Crippen LogP contribution in [0.5, 0.6) is 0 Å². The number of esters is 1. The summed E-state index contributed by atoms with van der Waals surface area (Å²) in [7, 11) is 0. The number of rotatable bonds is 12. The molecular weight excluding hydrogens is 572 g/mol. The summed E-state index contributed by atoms with van der Waals surface area (Å²) in [5.74, 6) is -0.932. The molecular formula is C36H38N2O5S. The van der Waals surface area contributed by atoms with Crippen LogP contribution in [0.4, 0.5) is 4.79 Å². The average molecular weight is 611 g/mol. The van der Waals surface area contributed by atoms with Crippen molar-refractivity contribution in [2.24, 2.45) is 0 Å². The van der Waals surface area contributed by atoms with E-state index in [4.69, 9.17) is 9.47 Å². The van der Waals surface area contributed by atoms with E-state index in [1.807, 2.05) is 84.9 Å². The number of hydrogen-bond acceptors (Lipinski definition) is 6. The van der Waals surface area contributed by atoms with Gasteiger partial charge >= 0.3 is 12.1 Å². The van der Waals surface area contributed by atoms with Gasteiger partial charge in [-0.1, -0.05) is 121 Å². The second-order valence-corrected chi connectivity index (χ2v) is 12.4. The second kappa shape index (κ2) is 15.3. The smallest absolute Gasteiger partial charge is 0.408 e. The van der Waals surface area contributed by atoms with Crippen LogP contribution in [0.1, 0.15) is 43.0 Å². The lowest BCUT2D eigenvalue weighted by Crippen LogP contribution is -2.50. The first-order valence-corrected chi connectivity index (χ1v) is 15.4. The molecule has 4 aromatic carbocycles. The lowest BCUT2D eigenvalue weighted by atomic mass is 9.84. The van der Waals surface area contributed by atoms with Gasteiger partial charge < -0.3 is 20.1 Å². The van der Waals surface area contributed by atoms with E-state index in [9.17, 15) is 14.4 Å². The Hall–Kier alpha value is -4.56. The number of benzene rings is 4. The van der Waals surface area contributed by atoms with E-state index < -0.39 is 34.4 Å². The molecule has 0 aliphatic heterocycles. The van der Waals surface area contributed by atoms with Crippen LogP contribution in [0.2, 0.25) is 0 Å². The lowest BCUT2D eigenvalue weighted by molar-refractivity contribution is -0.154. The number of thioether (sulfide) groups is 1. The van der Waals surface area contributed by atoms with E-state index in [0.717, 1.165) is 22.3 Å². The molecule has 4 aromatic rings. The Balaban J connectivity index is 1.63. The number of nitrogens with one attached hydrogen (secondary N) is 2. The largest absolute Gasteiger partial charge is 0.459 e. The van der Waals surface area contributed by atoms with Crippen molar-refractivity contribution in [3.63, 3.8) is 0 Å². The van der Waals surface area contributed by atoms with Gasteiger partial charge in [0.2, 0.25) is 5.91 Å². The zero-order valence-electron chi connectivity index (χ0n) is 25.2. The molecule has 2 amide bonds. The van der Waals surface area contributed by atoms with Crippen LogP contribution >= 0.6 is 11.8 Å². The normalized spacial score (nSPS) is 12.1. The summed E-state index contributed by atoms with van der Waals surface area (Å²) in [4.78, 5) is 38.9. The fourth-order valence-electron chi connectivity index (χ4n) is 4.73. The summed E-state index contributed by atoms with van der Waals surface area (Å²) in [6, 6.07) is 38.5. The van der Waals surface area contributed by atoms with E-state index in [1.54, 1.807) is 20.8 Å². The fourth-order valence-corrected chi connectivity index (χ4v) is 6.29. The van der Waals surface area contributed by atoms with Crippen molar-refractivity contribution in [3.05, 3.63) is 144 Å². The quantitative estimate of drug-likeness (QED) is 0.141. The minimum atomic E-state index is -1.03. The van der Waals surface area contributed by atoms with E-state index in [0.29, 0.717) is 0 Å². The third kappa shape index (κ3) is 8.97. The lowest BCUT2D eigenvalue weighted by Gasteiger charge is -2.36. The maximum Gasteiger partial charge on any atom is 0.408 e. The van der Waals surface area contributed by atoms with Crippen LogP contribution in [0.3, 0.4) is 0 Å². The molecule has 0 bridgehead atoms.